The Morgan fingerprint density at radius 3 is 2.43 bits per heavy atom. The van der Waals surface area contributed by atoms with Gasteiger partial charge in [0.05, 0.1) is 25.5 Å². The van der Waals surface area contributed by atoms with Crippen molar-refractivity contribution in [3.63, 3.8) is 0 Å². The van der Waals surface area contributed by atoms with Crippen LogP contribution in [-0.4, -0.2) is 28.7 Å². The number of rotatable bonds is 8. The van der Waals surface area contributed by atoms with Gasteiger partial charge in [0, 0.05) is 18.3 Å². The molecule has 1 aliphatic heterocycles. The number of aromatic nitrogens is 1. The fourth-order valence-electron chi connectivity index (χ4n) is 4.36. The molecule has 2 aromatic carbocycles. The highest BCUT2D eigenvalue weighted by Crippen LogP contribution is 2.41. The van der Waals surface area contributed by atoms with Crippen LogP contribution in [0.2, 0.25) is 0 Å². The first-order chi connectivity index (χ1) is 17.2. The first-order valence-corrected chi connectivity index (χ1v) is 12.0. The van der Waals surface area contributed by atoms with Gasteiger partial charge in [-0.2, -0.15) is 0 Å². The van der Waals surface area contributed by atoms with Gasteiger partial charge in [0.2, 0.25) is 0 Å². The zero-order valence-corrected chi connectivity index (χ0v) is 20.5. The zero-order chi connectivity index (χ0) is 24.2. The van der Waals surface area contributed by atoms with E-state index < -0.39 is 0 Å². The fourth-order valence-corrected chi connectivity index (χ4v) is 4.67. The SMILES string of the molecule is CCOc1ccc(-c2ccc([C@H]3[C@H](c4ccccn4)NC(=S)N3Cc3ccc(OC)cc3)o2)cc1. The highest BCUT2D eigenvalue weighted by atomic mass is 32.1. The summed E-state index contributed by atoms with van der Waals surface area (Å²) < 4.78 is 17.3. The third kappa shape index (κ3) is 4.86. The molecule has 2 aromatic heterocycles. The van der Waals surface area contributed by atoms with Crippen LogP contribution in [0.1, 0.15) is 36.0 Å². The van der Waals surface area contributed by atoms with Crippen LogP contribution in [0.3, 0.4) is 0 Å². The molecule has 0 saturated carbocycles. The van der Waals surface area contributed by atoms with Gasteiger partial charge in [-0.15, -0.1) is 0 Å². The Balaban J connectivity index is 1.48. The molecule has 0 spiro atoms. The van der Waals surface area contributed by atoms with Gasteiger partial charge >= 0.3 is 0 Å². The molecule has 4 aromatic rings. The molecule has 35 heavy (non-hydrogen) atoms. The number of ether oxygens (including phenoxy) is 2. The van der Waals surface area contributed by atoms with Crippen molar-refractivity contribution in [2.24, 2.45) is 0 Å². The quantitative estimate of drug-likeness (QED) is 0.311. The Morgan fingerprint density at radius 2 is 1.74 bits per heavy atom. The lowest BCUT2D eigenvalue weighted by atomic mass is 10.0. The summed E-state index contributed by atoms with van der Waals surface area (Å²) in [6.45, 7) is 3.24. The molecule has 1 N–H and O–H groups in total. The predicted octanol–water partition coefficient (Wildman–Crippen LogP) is 5.92. The summed E-state index contributed by atoms with van der Waals surface area (Å²) in [5, 5.41) is 4.14. The molecule has 0 aliphatic carbocycles. The number of nitrogens with one attached hydrogen (secondary N) is 1. The van der Waals surface area contributed by atoms with Gasteiger partial charge in [0.1, 0.15) is 29.1 Å². The number of methoxy groups -OCH3 is 1. The standard InChI is InChI=1S/C28H27N3O3S/c1-3-33-22-13-9-20(10-14-22)24-15-16-25(34-24)27-26(23-6-4-5-17-29-23)30-28(35)31(27)18-19-7-11-21(32-2)12-8-19/h4-17,26-27H,3,18H2,1-2H3,(H,30,35)/t26-,27-/m0/s1. The van der Waals surface area contributed by atoms with E-state index >= 15 is 0 Å². The Bertz CT molecular complexity index is 1270. The van der Waals surface area contributed by atoms with Crippen LogP contribution < -0.4 is 14.8 Å². The number of nitrogens with zero attached hydrogens (tertiary/aromatic N) is 2. The average molecular weight is 486 g/mol. The van der Waals surface area contributed by atoms with Crippen molar-refractivity contribution in [2.75, 3.05) is 13.7 Å². The number of thiocarbonyl (C=S) groups is 1. The minimum Gasteiger partial charge on any atom is -0.497 e. The molecule has 0 amide bonds. The number of hydrogen-bond acceptors (Lipinski definition) is 5. The second-order valence-electron chi connectivity index (χ2n) is 8.26. The van der Waals surface area contributed by atoms with E-state index in [1.807, 2.05) is 73.7 Å². The molecule has 1 fully saturated rings. The molecule has 6 nitrogen and oxygen atoms in total. The molecule has 5 rings (SSSR count). The van der Waals surface area contributed by atoms with Crippen LogP contribution >= 0.6 is 12.2 Å². The maximum absolute atomic E-state index is 6.43. The average Bonchev–Trinajstić information content (AvgIpc) is 3.51. The first-order valence-electron chi connectivity index (χ1n) is 11.6. The van der Waals surface area contributed by atoms with Gasteiger partial charge < -0.3 is 24.1 Å². The van der Waals surface area contributed by atoms with E-state index in [9.17, 15) is 0 Å². The number of furan rings is 1. The molecule has 1 saturated heterocycles. The van der Waals surface area contributed by atoms with Crippen LogP contribution in [0.15, 0.2) is 89.5 Å². The van der Waals surface area contributed by atoms with E-state index in [1.165, 1.54) is 0 Å². The van der Waals surface area contributed by atoms with Crippen LogP contribution in [0, 0.1) is 0 Å². The molecule has 3 heterocycles. The monoisotopic (exact) mass is 485 g/mol. The minimum absolute atomic E-state index is 0.138. The molecule has 178 valence electrons. The van der Waals surface area contributed by atoms with Crippen LogP contribution in [0.5, 0.6) is 11.5 Å². The first kappa shape index (κ1) is 22.9. The van der Waals surface area contributed by atoms with Gasteiger partial charge in [-0.1, -0.05) is 18.2 Å². The van der Waals surface area contributed by atoms with Crippen molar-refractivity contribution in [1.82, 2.24) is 15.2 Å². The Labute approximate surface area is 210 Å². The second kappa shape index (κ2) is 10.2. The van der Waals surface area contributed by atoms with Gasteiger partial charge in [0.15, 0.2) is 5.11 Å². The summed E-state index contributed by atoms with van der Waals surface area (Å²) >= 11 is 5.79. The molecule has 0 unspecified atom stereocenters. The maximum Gasteiger partial charge on any atom is 0.170 e. The zero-order valence-electron chi connectivity index (χ0n) is 19.7. The summed E-state index contributed by atoms with van der Waals surface area (Å²) in [7, 11) is 1.67. The molecule has 0 radical (unpaired) electrons. The number of pyridine rings is 1. The summed E-state index contributed by atoms with van der Waals surface area (Å²) in [5.74, 6) is 3.29. The third-order valence-electron chi connectivity index (χ3n) is 6.08. The molecule has 0 bridgehead atoms. The van der Waals surface area contributed by atoms with E-state index in [1.54, 1.807) is 13.3 Å². The number of hydrogen-bond donors (Lipinski definition) is 1. The van der Waals surface area contributed by atoms with E-state index in [4.69, 9.17) is 26.1 Å². The molecule has 1 aliphatic rings. The van der Waals surface area contributed by atoms with Crippen molar-refractivity contribution in [3.05, 3.63) is 102 Å². The highest BCUT2D eigenvalue weighted by Gasteiger charge is 2.41. The lowest BCUT2D eigenvalue weighted by Crippen LogP contribution is -2.29. The molecular formula is C28H27N3O3S. The van der Waals surface area contributed by atoms with Gasteiger partial charge in [-0.25, -0.2) is 0 Å². The summed E-state index contributed by atoms with van der Waals surface area (Å²) in [4.78, 5) is 6.77. The summed E-state index contributed by atoms with van der Waals surface area (Å²) in [6.07, 6.45) is 1.80. The second-order valence-corrected chi connectivity index (χ2v) is 8.65. The van der Waals surface area contributed by atoms with Crippen molar-refractivity contribution >= 4 is 17.3 Å². The normalized spacial score (nSPS) is 17.3. The topological polar surface area (TPSA) is 59.8 Å². The summed E-state index contributed by atoms with van der Waals surface area (Å²) in [5.41, 5.74) is 3.03. The largest absolute Gasteiger partial charge is 0.497 e. The van der Waals surface area contributed by atoms with Crippen LogP contribution in [-0.2, 0) is 6.54 Å². The smallest absolute Gasteiger partial charge is 0.170 e. The van der Waals surface area contributed by atoms with Gasteiger partial charge in [-0.05, 0) is 85.4 Å². The molecule has 2 atom stereocenters. The van der Waals surface area contributed by atoms with E-state index in [0.29, 0.717) is 18.3 Å². The lowest BCUT2D eigenvalue weighted by molar-refractivity contribution is 0.269. The Morgan fingerprint density at radius 1 is 0.971 bits per heavy atom. The van der Waals surface area contributed by atoms with Crippen molar-refractivity contribution in [3.8, 4) is 22.8 Å². The highest BCUT2D eigenvalue weighted by molar-refractivity contribution is 7.80. The van der Waals surface area contributed by atoms with Crippen LogP contribution in [0.25, 0.3) is 11.3 Å². The Hall–Kier alpha value is -3.84. The molecule has 7 heteroatoms. The van der Waals surface area contributed by atoms with E-state index in [2.05, 4.69) is 27.3 Å². The van der Waals surface area contributed by atoms with E-state index in [-0.39, 0.29) is 12.1 Å². The Kier molecular flexibility index (Phi) is 6.68. The molecular weight excluding hydrogens is 458 g/mol. The summed E-state index contributed by atoms with van der Waals surface area (Å²) in [6, 6.07) is 25.6. The van der Waals surface area contributed by atoms with Crippen molar-refractivity contribution in [2.45, 2.75) is 25.6 Å². The van der Waals surface area contributed by atoms with Crippen molar-refractivity contribution < 1.29 is 13.9 Å². The van der Waals surface area contributed by atoms with Crippen LogP contribution in [0.4, 0.5) is 0 Å². The fraction of sp³-hybridized carbons (Fsp3) is 0.214. The van der Waals surface area contributed by atoms with Gasteiger partial charge in [-0.3, -0.25) is 4.98 Å². The minimum atomic E-state index is -0.157. The predicted molar refractivity (Wildman–Crippen MR) is 139 cm³/mol. The third-order valence-corrected chi connectivity index (χ3v) is 6.43. The maximum atomic E-state index is 6.43. The number of benzene rings is 2. The van der Waals surface area contributed by atoms with Crippen molar-refractivity contribution in [1.29, 1.82) is 0 Å². The van der Waals surface area contributed by atoms with Gasteiger partial charge in [0.25, 0.3) is 0 Å². The lowest BCUT2D eigenvalue weighted by Gasteiger charge is -2.26. The van der Waals surface area contributed by atoms with E-state index in [0.717, 1.165) is 39.8 Å².